The molecule has 0 saturated heterocycles. The van der Waals surface area contributed by atoms with Gasteiger partial charge in [-0.15, -0.1) is 0 Å². The zero-order valence-corrected chi connectivity index (χ0v) is 53.0. The lowest BCUT2D eigenvalue weighted by Crippen LogP contribution is -2.61. The zero-order chi connectivity index (χ0) is 66.8. The van der Waals surface area contributed by atoms with Crippen molar-refractivity contribution in [2.45, 2.75) is 121 Å². The summed E-state index contributed by atoms with van der Waals surface area (Å²) in [5.74, 6) is -6.52. The van der Waals surface area contributed by atoms with Crippen molar-refractivity contribution in [1.82, 2.24) is 62.4 Å². The fourth-order valence-electron chi connectivity index (χ4n) is 10.3. The number of likely N-dealkylation sites (N-methyl/N-ethyl adjacent to an activating group) is 1. The molecule has 488 valence electrons. The molecule has 3 heterocycles. The van der Waals surface area contributed by atoms with Crippen molar-refractivity contribution >= 4 is 75.5 Å². The number of halogens is 1. The van der Waals surface area contributed by atoms with Crippen LogP contribution in [0.5, 0.6) is 5.75 Å². The Hall–Kier alpha value is -10.1. The summed E-state index contributed by atoms with van der Waals surface area (Å²) < 4.78 is 0. The Bertz CT molecular complexity index is 3650. The highest BCUT2D eigenvalue weighted by molar-refractivity contribution is 6.30. The van der Waals surface area contributed by atoms with E-state index in [0.29, 0.717) is 33.7 Å². The van der Waals surface area contributed by atoms with Crippen LogP contribution in [0.2, 0.25) is 5.02 Å². The number of fused-ring (bicyclic) bond motifs is 1. The predicted molar refractivity (Wildman–Crippen MR) is 349 cm³/mol. The molecule has 24 heteroatoms. The number of rotatable bonds is 33. The average molecular weight is 1290 g/mol. The van der Waals surface area contributed by atoms with E-state index >= 15 is 4.79 Å². The maximum atomic E-state index is 15.0. The summed E-state index contributed by atoms with van der Waals surface area (Å²) in [4.78, 5) is 141. The van der Waals surface area contributed by atoms with E-state index < -0.39 is 96.2 Å². The topological polar surface area (TPSA) is 332 Å². The Labute approximate surface area is 544 Å². The fourth-order valence-corrected chi connectivity index (χ4v) is 10.5. The van der Waals surface area contributed by atoms with Gasteiger partial charge in [0.25, 0.3) is 5.91 Å². The van der Waals surface area contributed by atoms with Crippen LogP contribution in [0.25, 0.3) is 10.8 Å². The maximum absolute atomic E-state index is 15.0. The molecule has 9 amide bonds. The predicted octanol–water partition coefficient (Wildman–Crippen LogP) is 4.37. The number of hydrogen-bond donors (Lipinski definition) is 10. The van der Waals surface area contributed by atoms with Crippen LogP contribution < -0.4 is 42.5 Å². The van der Waals surface area contributed by atoms with Gasteiger partial charge in [0.1, 0.15) is 48.0 Å². The van der Waals surface area contributed by atoms with Gasteiger partial charge in [0.05, 0.1) is 12.2 Å². The number of amides is 9. The molecule has 0 unspecified atom stereocenters. The normalized spacial score (nSPS) is 13.3. The van der Waals surface area contributed by atoms with Gasteiger partial charge in [-0.2, -0.15) is 0 Å². The molecule has 3 aromatic heterocycles. The van der Waals surface area contributed by atoms with Gasteiger partial charge < -0.3 is 57.6 Å². The molecule has 23 nitrogen and oxygen atoms in total. The van der Waals surface area contributed by atoms with Gasteiger partial charge in [-0.25, -0.2) is 0 Å². The summed E-state index contributed by atoms with van der Waals surface area (Å²) >= 11 is 6.24. The van der Waals surface area contributed by atoms with E-state index in [1.54, 1.807) is 79.3 Å². The summed E-state index contributed by atoms with van der Waals surface area (Å²) in [5, 5.41) is 45.7. The van der Waals surface area contributed by atoms with Gasteiger partial charge in [0.2, 0.25) is 47.3 Å². The second kappa shape index (κ2) is 35.5. The van der Waals surface area contributed by atoms with Crippen molar-refractivity contribution in [3.63, 3.8) is 0 Å². The minimum Gasteiger partial charge on any atom is -0.508 e. The highest BCUT2D eigenvalue weighted by atomic mass is 35.5. The number of aromatic nitrogens is 3. The standard InChI is InChI=1S/C69H79ClN12O11/c1-43(2)32-56(63(87)75-40-49-13-10-29-72-39-49)78-64(88)55(17-7-8-31-74-62(86)52-16-11-30-73-41-52)77-68(92)61(37-46-21-26-54(85)27-22-46)82(4)69(93)60(42-83)81-67(91)59(36-48-12-9-28-71-38-48)80-66(90)58(34-45-19-24-53(70)25-20-45)79-65(89)57(76-44(3)84)35-47-18-23-50-14-5-6-15-51(50)33-47/h5-6,9-16,18-30,33,38-39,41,43,55-61,83,85H,7-8,17,31-32,34-37,40,42H2,1-4H3,(H,74,86)(H,75,87)(H,76,84)(H,77,92)(H,78,88)(H,79,89)(H,80,90)(H,81,91)/t55-,56+,57-,58-,59-,60+,61+/m1/s1. The van der Waals surface area contributed by atoms with Crippen LogP contribution in [0.4, 0.5) is 0 Å². The van der Waals surface area contributed by atoms with Crippen LogP contribution in [0.3, 0.4) is 0 Å². The molecule has 0 spiro atoms. The number of phenolic OH excluding ortho intramolecular Hbond substituents is 1. The van der Waals surface area contributed by atoms with Crippen molar-refractivity contribution in [1.29, 1.82) is 0 Å². The number of pyridine rings is 3. The van der Waals surface area contributed by atoms with Gasteiger partial charge in [0.15, 0.2) is 0 Å². The molecule has 0 saturated carbocycles. The summed E-state index contributed by atoms with van der Waals surface area (Å²) in [6.45, 7) is 4.35. The van der Waals surface area contributed by atoms with Crippen LogP contribution >= 0.6 is 11.6 Å². The molecule has 0 aliphatic rings. The minimum absolute atomic E-state index is 0.000434. The largest absolute Gasteiger partial charge is 0.508 e. The first kappa shape index (κ1) is 70.3. The number of aromatic hydroxyl groups is 1. The van der Waals surface area contributed by atoms with Crippen LogP contribution in [0.1, 0.15) is 84.6 Å². The first-order valence-corrected chi connectivity index (χ1v) is 31.0. The van der Waals surface area contributed by atoms with Gasteiger partial charge >= 0.3 is 0 Å². The second-order valence-corrected chi connectivity index (χ2v) is 23.5. The van der Waals surface area contributed by atoms with E-state index in [9.17, 15) is 48.6 Å². The van der Waals surface area contributed by atoms with E-state index in [1.165, 1.54) is 56.8 Å². The second-order valence-electron chi connectivity index (χ2n) is 23.1. The number of phenols is 1. The molecule has 0 bridgehead atoms. The number of unbranched alkanes of at least 4 members (excludes halogenated alkanes) is 1. The zero-order valence-electron chi connectivity index (χ0n) is 52.2. The summed E-state index contributed by atoms with van der Waals surface area (Å²) in [7, 11) is 1.28. The number of nitrogens with one attached hydrogen (secondary N) is 8. The van der Waals surface area contributed by atoms with Crippen molar-refractivity contribution in [2.75, 3.05) is 20.2 Å². The molecule has 10 N–H and O–H groups in total. The van der Waals surface area contributed by atoms with Crippen molar-refractivity contribution in [3.8, 4) is 5.75 Å². The van der Waals surface area contributed by atoms with Crippen molar-refractivity contribution < 1.29 is 53.4 Å². The van der Waals surface area contributed by atoms with Crippen molar-refractivity contribution in [2.24, 2.45) is 5.92 Å². The number of nitrogens with zero attached hydrogens (tertiary/aromatic N) is 4. The number of aliphatic hydroxyl groups excluding tert-OH is 1. The highest BCUT2D eigenvalue weighted by Gasteiger charge is 2.37. The third-order valence-corrected chi connectivity index (χ3v) is 15.6. The van der Waals surface area contributed by atoms with E-state index in [0.717, 1.165) is 26.8 Å². The molecular weight excluding hydrogens is 1210 g/mol. The lowest BCUT2D eigenvalue weighted by atomic mass is 9.99. The third-order valence-electron chi connectivity index (χ3n) is 15.3. The average Bonchev–Trinajstić information content (AvgIpc) is 0.950. The van der Waals surface area contributed by atoms with E-state index in [1.807, 2.05) is 56.3 Å². The SMILES string of the molecule is CC(=O)N[C@H](Cc1ccc2ccccc2c1)C(=O)N[C@H](Cc1ccc(Cl)cc1)C(=O)N[C@H](Cc1cccnc1)C(=O)N[C@@H](CO)C(=O)N(C)[C@@H](Cc1ccc(O)cc1)C(=O)N[C@H](CCCCNC(=O)c1cccnc1)C(=O)N[C@@H](CC(C)C)C(=O)NCc1cccnc1. The summed E-state index contributed by atoms with van der Waals surface area (Å²) in [5.41, 5.74) is 3.30. The molecule has 7 rings (SSSR count). The minimum atomic E-state index is -1.76. The monoisotopic (exact) mass is 1290 g/mol. The molecule has 0 radical (unpaired) electrons. The van der Waals surface area contributed by atoms with Gasteiger partial charge in [-0.05, 0) is 119 Å². The number of aliphatic hydroxyl groups is 1. The van der Waals surface area contributed by atoms with Crippen LogP contribution in [0, 0.1) is 5.92 Å². The quantitative estimate of drug-likeness (QED) is 0.0256. The van der Waals surface area contributed by atoms with Gasteiger partial charge in [-0.3, -0.25) is 58.1 Å². The first-order chi connectivity index (χ1) is 44.7. The van der Waals surface area contributed by atoms with Crippen LogP contribution in [0.15, 0.2) is 165 Å². The fraction of sp³-hybridized carbons (Fsp3) is 0.333. The van der Waals surface area contributed by atoms with Crippen LogP contribution in [-0.4, -0.2) is 146 Å². The Morgan fingerprint density at radius 2 is 1.03 bits per heavy atom. The Morgan fingerprint density at radius 3 is 1.63 bits per heavy atom. The Kier molecular flexibility index (Phi) is 26.8. The van der Waals surface area contributed by atoms with E-state index in [4.69, 9.17) is 11.6 Å². The summed E-state index contributed by atoms with van der Waals surface area (Å²) in [6, 6.07) is 26.1. The van der Waals surface area contributed by atoms with Gasteiger partial charge in [0, 0.05) is 94.9 Å². The first-order valence-electron chi connectivity index (χ1n) is 30.6. The van der Waals surface area contributed by atoms with E-state index in [2.05, 4.69) is 57.5 Å². The highest BCUT2D eigenvalue weighted by Crippen LogP contribution is 2.20. The molecule has 0 aliphatic heterocycles. The molecule has 0 fully saturated rings. The number of carbonyl (C=O) groups is 9. The van der Waals surface area contributed by atoms with Gasteiger partial charge in [-0.1, -0.05) is 104 Å². The lowest BCUT2D eigenvalue weighted by molar-refractivity contribution is -0.144. The number of carbonyl (C=O) groups excluding carboxylic acids is 9. The van der Waals surface area contributed by atoms with Crippen LogP contribution in [-0.2, 0) is 70.6 Å². The van der Waals surface area contributed by atoms with Crippen molar-refractivity contribution in [3.05, 3.63) is 203 Å². The summed E-state index contributed by atoms with van der Waals surface area (Å²) in [6.07, 6.45) is 9.52. The number of benzene rings is 4. The molecule has 93 heavy (non-hydrogen) atoms. The van der Waals surface area contributed by atoms with E-state index in [-0.39, 0.29) is 75.6 Å². The molecular formula is C69H79ClN12O11. The third kappa shape index (κ3) is 22.3. The Morgan fingerprint density at radius 1 is 0.505 bits per heavy atom. The molecule has 0 aliphatic carbocycles. The molecule has 7 aromatic rings. The molecule has 7 atom stereocenters. The molecule has 4 aromatic carbocycles. The smallest absolute Gasteiger partial charge is 0.252 e. The number of hydrogen-bond acceptors (Lipinski definition) is 14. The lowest BCUT2D eigenvalue weighted by Gasteiger charge is -2.32. The Balaban J connectivity index is 1.13. The maximum Gasteiger partial charge on any atom is 0.252 e.